The van der Waals surface area contributed by atoms with E-state index in [-0.39, 0.29) is 23.2 Å². The molecule has 27 heavy (non-hydrogen) atoms. The second kappa shape index (κ2) is 7.54. The first kappa shape index (κ1) is 18.5. The number of benzene rings is 2. The van der Waals surface area contributed by atoms with Crippen LogP contribution in [-0.4, -0.2) is 24.6 Å². The van der Waals surface area contributed by atoms with Gasteiger partial charge in [0.1, 0.15) is 5.82 Å². The number of hydrogen-bond acceptors (Lipinski definition) is 6. The molecule has 1 heterocycles. The smallest absolute Gasteiger partial charge is 0.329 e. The van der Waals surface area contributed by atoms with Crippen molar-refractivity contribution in [3.8, 4) is 11.5 Å². The summed E-state index contributed by atoms with van der Waals surface area (Å²) < 4.78 is 44.4. The maximum absolute atomic E-state index is 12.9. The lowest BCUT2D eigenvalue weighted by Gasteiger charge is -2.07. The highest BCUT2D eigenvalue weighted by Gasteiger charge is 2.18. The fourth-order valence-corrected chi connectivity index (χ4v) is 3.05. The number of carbonyl (C=O) groups is 1. The predicted octanol–water partition coefficient (Wildman–Crippen LogP) is 2.37. The SMILES string of the molecule is Cc1ccc(S(=O)(=O)NC(=O)NCc2nnc(-c3ccc(F)cc3)o2)cc1. The summed E-state index contributed by atoms with van der Waals surface area (Å²) in [6.45, 7) is 1.64. The van der Waals surface area contributed by atoms with Crippen LogP contribution in [0.1, 0.15) is 11.5 Å². The Labute approximate surface area is 154 Å². The molecule has 10 heteroatoms. The zero-order valence-electron chi connectivity index (χ0n) is 14.1. The maximum Gasteiger partial charge on any atom is 0.329 e. The number of aryl methyl sites for hydroxylation is 1. The molecule has 1 aromatic heterocycles. The van der Waals surface area contributed by atoms with E-state index in [0.29, 0.717) is 5.56 Å². The first-order chi connectivity index (χ1) is 12.8. The van der Waals surface area contributed by atoms with Gasteiger partial charge in [-0.05, 0) is 43.3 Å². The fraction of sp³-hybridized carbons (Fsp3) is 0.118. The summed E-state index contributed by atoms with van der Waals surface area (Å²) in [6.07, 6.45) is 0. The molecule has 0 fully saturated rings. The molecule has 8 nitrogen and oxygen atoms in total. The Bertz CT molecular complexity index is 1050. The maximum atomic E-state index is 12.9. The minimum atomic E-state index is -3.99. The molecule has 0 saturated heterocycles. The van der Waals surface area contributed by atoms with Gasteiger partial charge in [0.2, 0.25) is 11.8 Å². The first-order valence-corrected chi connectivity index (χ1v) is 9.27. The number of halogens is 1. The molecular formula is C17H15FN4O4S. The zero-order chi connectivity index (χ0) is 19.4. The van der Waals surface area contributed by atoms with Crippen molar-refractivity contribution in [2.24, 2.45) is 0 Å². The second-order valence-electron chi connectivity index (χ2n) is 5.61. The number of amides is 2. The van der Waals surface area contributed by atoms with Gasteiger partial charge in [-0.3, -0.25) is 0 Å². The standard InChI is InChI=1S/C17H15FN4O4S/c1-11-2-8-14(9-3-11)27(24,25)22-17(23)19-10-15-20-21-16(26-15)12-4-6-13(18)7-5-12/h2-9H,10H2,1H3,(H2,19,22,23). The fourth-order valence-electron chi connectivity index (χ4n) is 2.12. The van der Waals surface area contributed by atoms with E-state index in [1.54, 1.807) is 12.1 Å². The minimum Gasteiger partial charge on any atom is -0.419 e. The number of nitrogens with zero attached hydrogens (tertiary/aromatic N) is 2. The van der Waals surface area contributed by atoms with Gasteiger partial charge in [-0.1, -0.05) is 17.7 Å². The minimum absolute atomic E-state index is 0.0281. The van der Waals surface area contributed by atoms with E-state index in [2.05, 4.69) is 15.5 Å². The second-order valence-corrected chi connectivity index (χ2v) is 7.29. The van der Waals surface area contributed by atoms with E-state index in [1.807, 2.05) is 11.6 Å². The Morgan fingerprint density at radius 2 is 1.74 bits per heavy atom. The molecule has 0 spiro atoms. The van der Waals surface area contributed by atoms with Gasteiger partial charge in [0.15, 0.2) is 0 Å². The highest BCUT2D eigenvalue weighted by Crippen LogP contribution is 2.18. The highest BCUT2D eigenvalue weighted by molar-refractivity contribution is 7.90. The van der Waals surface area contributed by atoms with Crippen LogP contribution in [-0.2, 0) is 16.6 Å². The quantitative estimate of drug-likeness (QED) is 0.691. The molecule has 2 aromatic carbocycles. The lowest BCUT2D eigenvalue weighted by atomic mass is 10.2. The number of urea groups is 1. The third kappa shape index (κ3) is 4.67. The van der Waals surface area contributed by atoms with E-state index in [1.165, 1.54) is 36.4 Å². The van der Waals surface area contributed by atoms with Gasteiger partial charge in [0, 0.05) is 5.56 Å². The third-order valence-corrected chi connectivity index (χ3v) is 4.86. The highest BCUT2D eigenvalue weighted by atomic mass is 32.2. The van der Waals surface area contributed by atoms with E-state index in [4.69, 9.17) is 4.42 Å². The van der Waals surface area contributed by atoms with Gasteiger partial charge in [-0.2, -0.15) is 0 Å². The zero-order valence-corrected chi connectivity index (χ0v) is 15.0. The molecule has 3 rings (SSSR count). The summed E-state index contributed by atoms with van der Waals surface area (Å²) in [7, 11) is -3.99. The molecule has 0 saturated carbocycles. The molecule has 3 aromatic rings. The molecule has 0 unspecified atom stereocenters. The first-order valence-electron chi connectivity index (χ1n) is 7.79. The van der Waals surface area contributed by atoms with Crippen LogP contribution in [0.4, 0.5) is 9.18 Å². The topological polar surface area (TPSA) is 114 Å². The monoisotopic (exact) mass is 390 g/mol. The summed E-state index contributed by atoms with van der Waals surface area (Å²) in [4.78, 5) is 11.8. The Balaban J connectivity index is 1.59. The van der Waals surface area contributed by atoms with Gasteiger partial charge in [-0.15, -0.1) is 10.2 Å². The van der Waals surface area contributed by atoms with Crippen molar-refractivity contribution in [3.63, 3.8) is 0 Å². The lowest BCUT2D eigenvalue weighted by molar-refractivity contribution is 0.244. The Morgan fingerprint density at radius 3 is 2.41 bits per heavy atom. The molecular weight excluding hydrogens is 375 g/mol. The normalized spacial score (nSPS) is 11.2. The van der Waals surface area contributed by atoms with Crippen LogP contribution in [0.2, 0.25) is 0 Å². The summed E-state index contributed by atoms with van der Waals surface area (Å²) in [5, 5.41) is 9.87. The molecule has 0 aliphatic carbocycles. The van der Waals surface area contributed by atoms with Crippen molar-refractivity contribution >= 4 is 16.1 Å². The molecule has 0 aliphatic rings. The van der Waals surface area contributed by atoms with E-state index >= 15 is 0 Å². The van der Waals surface area contributed by atoms with Crippen molar-refractivity contribution in [2.45, 2.75) is 18.4 Å². The van der Waals surface area contributed by atoms with Crippen molar-refractivity contribution in [1.29, 1.82) is 0 Å². The lowest BCUT2D eigenvalue weighted by Crippen LogP contribution is -2.39. The molecule has 140 valence electrons. The van der Waals surface area contributed by atoms with Gasteiger partial charge < -0.3 is 9.73 Å². The summed E-state index contributed by atoms with van der Waals surface area (Å²) in [5.74, 6) is -0.177. The number of aromatic nitrogens is 2. The predicted molar refractivity (Wildman–Crippen MR) is 93.4 cm³/mol. The average molecular weight is 390 g/mol. The Morgan fingerprint density at radius 1 is 1.07 bits per heavy atom. The molecule has 0 bridgehead atoms. The molecule has 2 amide bonds. The van der Waals surface area contributed by atoms with Gasteiger partial charge in [0.05, 0.1) is 11.4 Å². The largest absolute Gasteiger partial charge is 0.419 e. The van der Waals surface area contributed by atoms with Crippen molar-refractivity contribution in [2.75, 3.05) is 0 Å². The van der Waals surface area contributed by atoms with Gasteiger partial charge in [0.25, 0.3) is 10.0 Å². The average Bonchev–Trinajstić information content (AvgIpc) is 3.10. The summed E-state index contributed by atoms with van der Waals surface area (Å²) in [6, 6.07) is 10.6. The number of sulfonamides is 1. The number of nitrogens with one attached hydrogen (secondary N) is 2. The summed E-state index contributed by atoms with van der Waals surface area (Å²) in [5.41, 5.74) is 1.41. The van der Waals surface area contributed by atoms with Crippen LogP contribution in [0.5, 0.6) is 0 Å². The number of rotatable bonds is 5. The van der Waals surface area contributed by atoms with Crippen LogP contribution in [0.3, 0.4) is 0 Å². The van der Waals surface area contributed by atoms with Crippen LogP contribution < -0.4 is 10.0 Å². The van der Waals surface area contributed by atoms with Crippen molar-refractivity contribution in [1.82, 2.24) is 20.2 Å². The number of hydrogen-bond donors (Lipinski definition) is 2. The van der Waals surface area contributed by atoms with Crippen LogP contribution in [0, 0.1) is 12.7 Å². The van der Waals surface area contributed by atoms with Crippen molar-refractivity contribution < 1.29 is 22.0 Å². The number of carbonyl (C=O) groups excluding carboxylic acids is 1. The van der Waals surface area contributed by atoms with Crippen LogP contribution >= 0.6 is 0 Å². The van der Waals surface area contributed by atoms with E-state index in [9.17, 15) is 17.6 Å². The molecule has 2 N–H and O–H groups in total. The Hall–Kier alpha value is -3.27. The third-order valence-electron chi connectivity index (χ3n) is 3.52. The molecule has 0 aliphatic heterocycles. The van der Waals surface area contributed by atoms with E-state index < -0.39 is 21.9 Å². The summed E-state index contributed by atoms with van der Waals surface area (Å²) >= 11 is 0. The van der Waals surface area contributed by atoms with Gasteiger partial charge in [-0.25, -0.2) is 22.3 Å². The van der Waals surface area contributed by atoms with Crippen molar-refractivity contribution in [3.05, 3.63) is 65.8 Å². The van der Waals surface area contributed by atoms with Crippen LogP contribution in [0.15, 0.2) is 57.8 Å². The molecule has 0 atom stereocenters. The van der Waals surface area contributed by atoms with E-state index in [0.717, 1.165) is 5.56 Å². The van der Waals surface area contributed by atoms with Crippen LogP contribution in [0.25, 0.3) is 11.5 Å². The van der Waals surface area contributed by atoms with Gasteiger partial charge >= 0.3 is 6.03 Å². The molecule has 0 radical (unpaired) electrons. The Kier molecular flexibility index (Phi) is 5.17.